The minimum absolute atomic E-state index is 0.0891. The summed E-state index contributed by atoms with van der Waals surface area (Å²) in [5, 5.41) is 0. The molecule has 1 atom stereocenters. The molecule has 0 aliphatic carbocycles. The number of hydrogen-bond donors (Lipinski definition) is 0. The van der Waals surface area contributed by atoms with E-state index in [1.54, 1.807) is 48.8 Å². The van der Waals surface area contributed by atoms with Gasteiger partial charge >= 0.3 is 0 Å². The zero-order valence-corrected chi connectivity index (χ0v) is 17.1. The van der Waals surface area contributed by atoms with Crippen LogP contribution in [0.15, 0.2) is 79.1 Å². The zero-order chi connectivity index (χ0) is 22.5. The Morgan fingerprint density at radius 3 is 2.50 bits per heavy atom. The molecule has 8 heteroatoms. The van der Waals surface area contributed by atoms with Crippen LogP contribution in [0.5, 0.6) is 5.75 Å². The Labute approximate surface area is 184 Å². The quantitative estimate of drug-likeness (QED) is 0.536. The van der Waals surface area contributed by atoms with Gasteiger partial charge in [-0.1, -0.05) is 24.3 Å². The van der Waals surface area contributed by atoms with Gasteiger partial charge in [-0.05, 0) is 48.0 Å². The molecule has 32 heavy (non-hydrogen) atoms. The van der Waals surface area contributed by atoms with Crippen LogP contribution in [0, 0.1) is 5.82 Å². The number of amides is 3. The third-order valence-corrected chi connectivity index (χ3v) is 5.09. The number of carbonyl (C=O) groups is 3. The Kier molecular flexibility index (Phi) is 6.21. The van der Waals surface area contributed by atoms with Crippen molar-refractivity contribution in [1.82, 2.24) is 9.88 Å². The fourth-order valence-electron chi connectivity index (χ4n) is 3.53. The third-order valence-electron chi connectivity index (χ3n) is 5.09. The lowest BCUT2D eigenvalue weighted by molar-refractivity contribution is -0.140. The SMILES string of the molecule is O=C1CC(N(Cc2cccnc2)C(=O)COc2ccccc2)C(=O)N1c1ccc(F)cc1. The van der Waals surface area contributed by atoms with Crippen molar-refractivity contribution in [3.8, 4) is 5.75 Å². The Bertz CT molecular complexity index is 1110. The average Bonchev–Trinajstić information content (AvgIpc) is 3.11. The van der Waals surface area contributed by atoms with E-state index in [9.17, 15) is 18.8 Å². The van der Waals surface area contributed by atoms with Gasteiger partial charge in [-0.25, -0.2) is 9.29 Å². The lowest BCUT2D eigenvalue weighted by Gasteiger charge is -2.27. The molecule has 2 heterocycles. The highest BCUT2D eigenvalue weighted by Gasteiger charge is 2.44. The van der Waals surface area contributed by atoms with Crippen LogP contribution in [-0.4, -0.2) is 40.3 Å². The van der Waals surface area contributed by atoms with Gasteiger partial charge in [0.15, 0.2) is 6.61 Å². The minimum Gasteiger partial charge on any atom is -0.484 e. The van der Waals surface area contributed by atoms with Crippen molar-refractivity contribution in [3.63, 3.8) is 0 Å². The van der Waals surface area contributed by atoms with Crippen LogP contribution < -0.4 is 9.64 Å². The molecule has 0 saturated carbocycles. The maximum atomic E-state index is 13.3. The second-order valence-corrected chi connectivity index (χ2v) is 7.25. The fraction of sp³-hybridized carbons (Fsp3) is 0.167. The van der Waals surface area contributed by atoms with Crippen molar-refractivity contribution < 1.29 is 23.5 Å². The van der Waals surface area contributed by atoms with Crippen molar-refractivity contribution >= 4 is 23.4 Å². The summed E-state index contributed by atoms with van der Waals surface area (Å²) >= 11 is 0. The molecule has 0 N–H and O–H groups in total. The number of rotatable bonds is 7. The summed E-state index contributed by atoms with van der Waals surface area (Å²) in [4.78, 5) is 45.3. The Hall–Kier alpha value is -4.07. The lowest BCUT2D eigenvalue weighted by Crippen LogP contribution is -2.46. The van der Waals surface area contributed by atoms with E-state index in [1.165, 1.54) is 29.2 Å². The second kappa shape index (κ2) is 9.38. The lowest BCUT2D eigenvalue weighted by atomic mass is 10.1. The zero-order valence-electron chi connectivity index (χ0n) is 17.1. The fourth-order valence-corrected chi connectivity index (χ4v) is 3.53. The molecule has 1 unspecified atom stereocenters. The summed E-state index contributed by atoms with van der Waals surface area (Å²) in [6.07, 6.45) is 3.03. The predicted molar refractivity (Wildman–Crippen MR) is 114 cm³/mol. The van der Waals surface area contributed by atoms with E-state index < -0.39 is 29.6 Å². The normalized spacial score (nSPS) is 15.7. The number of imide groups is 1. The minimum atomic E-state index is -1.00. The van der Waals surface area contributed by atoms with E-state index in [0.717, 1.165) is 4.90 Å². The summed E-state index contributed by atoms with van der Waals surface area (Å²) < 4.78 is 18.9. The molecule has 3 amide bonds. The van der Waals surface area contributed by atoms with Gasteiger partial charge in [-0.3, -0.25) is 19.4 Å². The monoisotopic (exact) mass is 433 g/mol. The smallest absolute Gasteiger partial charge is 0.261 e. The van der Waals surface area contributed by atoms with Gasteiger partial charge in [0.1, 0.15) is 17.6 Å². The van der Waals surface area contributed by atoms with Crippen LogP contribution in [0.3, 0.4) is 0 Å². The highest BCUT2D eigenvalue weighted by molar-refractivity contribution is 6.23. The highest BCUT2D eigenvalue weighted by Crippen LogP contribution is 2.27. The first-order valence-corrected chi connectivity index (χ1v) is 10.0. The van der Waals surface area contributed by atoms with E-state index in [-0.39, 0.29) is 25.3 Å². The first-order chi connectivity index (χ1) is 15.5. The van der Waals surface area contributed by atoms with Crippen molar-refractivity contribution in [2.45, 2.75) is 19.0 Å². The summed E-state index contributed by atoms with van der Waals surface area (Å²) in [6.45, 7) is -0.204. The molecule has 2 aromatic carbocycles. The van der Waals surface area contributed by atoms with Gasteiger partial charge in [0, 0.05) is 18.9 Å². The van der Waals surface area contributed by atoms with Crippen LogP contribution in [0.1, 0.15) is 12.0 Å². The number of carbonyl (C=O) groups excluding carboxylic acids is 3. The maximum absolute atomic E-state index is 13.3. The number of hydrogen-bond acceptors (Lipinski definition) is 5. The molecule has 7 nitrogen and oxygen atoms in total. The Morgan fingerprint density at radius 2 is 1.81 bits per heavy atom. The van der Waals surface area contributed by atoms with E-state index in [1.807, 2.05) is 6.07 Å². The molecule has 0 bridgehead atoms. The first-order valence-electron chi connectivity index (χ1n) is 10.0. The van der Waals surface area contributed by atoms with Crippen LogP contribution in [0.4, 0.5) is 10.1 Å². The number of benzene rings is 2. The van der Waals surface area contributed by atoms with E-state index in [4.69, 9.17) is 4.74 Å². The van der Waals surface area contributed by atoms with Crippen LogP contribution in [0.25, 0.3) is 0 Å². The van der Waals surface area contributed by atoms with Gasteiger partial charge < -0.3 is 9.64 Å². The molecule has 0 radical (unpaired) electrons. The molecule has 1 aliphatic rings. The van der Waals surface area contributed by atoms with Crippen molar-refractivity contribution in [1.29, 1.82) is 0 Å². The molecular weight excluding hydrogens is 413 g/mol. The van der Waals surface area contributed by atoms with Gasteiger partial charge in [-0.15, -0.1) is 0 Å². The summed E-state index contributed by atoms with van der Waals surface area (Å²) in [5.41, 5.74) is 0.972. The number of aromatic nitrogens is 1. The molecule has 1 aliphatic heterocycles. The summed E-state index contributed by atoms with van der Waals surface area (Å²) in [7, 11) is 0. The Morgan fingerprint density at radius 1 is 1.06 bits per heavy atom. The molecule has 4 rings (SSSR count). The molecule has 1 fully saturated rings. The second-order valence-electron chi connectivity index (χ2n) is 7.25. The number of ether oxygens (including phenoxy) is 1. The van der Waals surface area contributed by atoms with Gasteiger partial charge in [0.05, 0.1) is 12.1 Å². The van der Waals surface area contributed by atoms with E-state index in [2.05, 4.69) is 4.98 Å². The van der Waals surface area contributed by atoms with Crippen molar-refractivity contribution in [2.24, 2.45) is 0 Å². The standard InChI is InChI=1S/C24H20FN3O4/c25-18-8-10-19(11-9-18)28-22(29)13-21(24(28)31)27(15-17-5-4-12-26-14-17)23(30)16-32-20-6-2-1-3-7-20/h1-12,14,21H,13,15-16H2. The van der Waals surface area contributed by atoms with E-state index in [0.29, 0.717) is 11.3 Å². The number of para-hydroxylation sites is 1. The molecular formula is C24H20FN3O4. The van der Waals surface area contributed by atoms with Crippen molar-refractivity contribution in [2.75, 3.05) is 11.5 Å². The molecule has 162 valence electrons. The van der Waals surface area contributed by atoms with E-state index >= 15 is 0 Å². The van der Waals surface area contributed by atoms with Gasteiger partial charge in [0.2, 0.25) is 5.91 Å². The van der Waals surface area contributed by atoms with Gasteiger partial charge in [0.25, 0.3) is 11.8 Å². The first kappa shape index (κ1) is 21.2. The Balaban J connectivity index is 1.57. The molecule has 1 saturated heterocycles. The predicted octanol–water partition coefficient (Wildman–Crippen LogP) is 2.96. The number of anilines is 1. The van der Waals surface area contributed by atoms with Crippen LogP contribution >= 0.6 is 0 Å². The largest absolute Gasteiger partial charge is 0.484 e. The topological polar surface area (TPSA) is 79.8 Å². The maximum Gasteiger partial charge on any atom is 0.261 e. The van der Waals surface area contributed by atoms with Crippen LogP contribution in [0.2, 0.25) is 0 Å². The molecule has 0 spiro atoms. The van der Waals surface area contributed by atoms with Gasteiger partial charge in [-0.2, -0.15) is 0 Å². The third kappa shape index (κ3) is 4.64. The number of pyridine rings is 1. The average molecular weight is 433 g/mol. The van der Waals surface area contributed by atoms with Crippen molar-refractivity contribution in [3.05, 3.63) is 90.5 Å². The number of halogens is 1. The highest BCUT2D eigenvalue weighted by atomic mass is 19.1. The number of nitrogens with zero attached hydrogens (tertiary/aromatic N) is 3. The summed E-state index contributed by atoms with van der Waals surface area (Å²) in [5.74, 6) is -1.40. The molecule has 1 aromatic heterocycles. The van der Waals surface area contributed by atoms with Crippen LogP contribution in [-0.2, 0) is 20.9 Å². The molecule has 3 aromatic rings. The summed E-state index contributed by atoms with van der Waals surface area (Å²) in [6, 6.07) is 16.4.